The van der Waals surface area contributed by atoms with Gasteiger partial charge in [0, 0.05) is 31.1 Å². The molecule has 3 aliphatic rings. The molecule has 3 atom stereocenters. The second-order valence-corrected chi connectivity index (χ2v) is 9.14. The molecule has 1 aromatic heterocycles. The van der Waals surface area contributed by atoms with E-state index in [1.807, 2.05) is 24.0 Å². The van der Waals surface area contributed by atoms with Gasteiger partial charge in [-0.05, 0) is 49.1 Å². The predicted octanol–water partition coefficient (Wildman–Crippen LogP) is 5.31. The van der Waals surface area contributed by atoms with Gasteiger partial charge in [0.25, 0.3) is 0 Å². The first-order valence-corrected chi connectivity index (χ1v) is 11.6. The van der Waals surface area contributed by atoms with Crippen molar-refractivity contribution in [2.75, 3.05) is 23.7 Å². The Morgan fingerprint density at radius 2 is 2.04 bits per heavy atom. The molecule has 1 aromatic carbocycles. The Kier molecular flexibility index (Phi) is 4.97. The van der Waals surface area contributed by atoms with E-state index in [1.54, 1.807) is 0 Å². The van der Waals surface area contributed by atoms with Gasteiger partial charge in [-0.2, -0.15) is 0 Å². The fourth-order valence-corrected chi connectivity index (χ4v) is 6.28. The molecule has 4 nitrogen and oxygen atoms in total. The van der Waals surface area contributed by atoms with Gasteiger partial charge in [-0.15, -0.1) is 0 Å². The van der Waals surface area contributed by atoms with E-state index in [1.165, 1.54) is 24.1 Å². The van der Waals surface area contributed by atoms with Crippen LogP contribution in [0, 0.1) is 0 Å². The molecule has 2 fully saturated rings. The smallest absolute Gasteiger partial charge is 0.160 e. The number of anilines is 1. The third-order valence-corrected chi connectivity index (χ3v) is 7.52. The topological polar surface area (TPSA) is 31.7 Å². The highest BCUT2D eigenvalue weighted by Crippen LogP contribution is 2.49. The van der Waals surface area contributed by atoms with Gasteiger partial charge in [-0.3, -0.25) is 9.98 Å². The van der Waals surface area contributed by atoms with Crippen LogP contribution in [0.3, 0.4) is 0 Å². The number of thioether (sulfide) groups is 1. The molecule has 0 saturated carbocycles. The molecule has 0 N–H and O–H groups in total. The Morgan fingerprint density at radius 3 is 2.75 bits per heavy atom. The molecule has 0 amide bonds. The number of amidine groups is 1. The molecule has 0 unspecified atom stereocenters. The highest BCUT2D eigenvalue weighted by Gasteiger charge is 2.45. The van der Waals surface area contributed by atoms with Crippen molar-refractivity contribution in [3.8, 4) is 0 Å². The molecule has 0 radical (unpaired) electrons. The summed E-state index contributed by atoms with van der Waals surface area (Å²) in [6.45, 7) is 4.47. The van der Waals surface area contributed by atoms with Crippen LogP contribution in [0.25, 0.3) is 0 Å². The maximum Gasteiger partial charge on any atom is 0.160 e. The monoisotopic (exact) mass is 412 g/mol. The fraction of sp³-hybridized carbons (Fsp3) is 0.455. The number of fused-ring (bicyclic) bond motifs is 1. The van der Waals surface area contributed by atoms with Crippen molar-refractivity contribution in [2.45, 2.75) is 44.3 Å². The van der Waals surface area contributed by atoms with Crippen LogP contribution in [-0.4, -0.2) is 39.9 Å². The molecular weight excluding hydrogens is 388 g/mol. The third kappa shape index (κ3) is 3.09. The van der Waals surface area contributed by atoms with Crippen LogP contribution in [0.4, 0.5) is 5.69 Å². The summed E-state index contributed by atoms with van der Waals surface area (Å²) in [5, 5.41) is 2.01. The Balaban J connectivity index is 1.54. The Hall–Kier alpha value is -1.72. The zero-order valence-corrected chi connectivity index (χ0v) is 17.7. The highest BCUT2D eigenvalue weighted by molar-refractivity contribution is 8.14. The summed E-state index contributed by atoms with van der Waals surface area (Å²) < 4.78 is 0. The van der Waals surface area contributed by atoms with E-state index in [-0.39, 0.29) is 12.1 Å². The summed E-state index contributed by atoms with van der Waals surface area (Å²) in [5.74, 6) is 1.11. The molecule has 28 heavy (non-hydrogen) atoms. The van der Waals surface area contributed by atoms with E-state index >= 15 is 0 Å². The second kappa shape index (κ2) is 7.60. The van der Waals surface area contributed by atoms with Crippen LogP contribution in [0.15, 0.2) is 47.6 Å². The van der Waals surface area contributed by atoms with Gasteiger partial charge in [-0.1, -0.05) is 42.4 Å². The van der Waals surface area contributed by atoms with Crippen LogP contribution >= 0.6 is 23.4 Å². The van der Waals surface area contributed by atoms with Gasteiger partial charge >= 0.3 is 0 Å². The summed E-state index contributed by atoms with van der Waals surface area (Å²) in [5.41, 5.74) is 3.44. The normalized spacial score (nSPS) is 26.6. The number of hydrogen-bond acceptors (Lipinski definition) is 5. The van der Waals surface area contributed by atoms with Crippen molar-refractivity contribution in [1.82, 2.24) is 9.88 Å². The van der Waals surface area contributed by atoms with Crippen LogP contribution < -0.4 is 4.90 Å². The Labute approximate surface area is 176 Å². The number of aromatic nitrogens is 1. The van der Waals surface area contributed by atoms with Crippen LogP contribution in [0.2, 0.25) is 5.02 Å². The maximum absolute atomic E-state index is 6.78. The Bertz CT molecular complexity index is 881. The van der Waals surface area contributed by atoms with E-state index in [2.05, 4.69) is 52.0 Å². The number of hydrogen-bond donors (Lipinski definition) is 0. The quantitative estimate of drug-likeness (QED) is 0.680. The van der Waals surface area contributed by atoms with Crippen molar-refractivity contribution in [3.63, 3.8) is 0 Å². The van der Waals surface area contributed by atoms with Crippen molar-refractivity contribution in [2.24, 2.45) is 4.99 Å². The number of benzene rings is 1. The summed E-state index contributed by atoms with van der Waals surface area (Å²) in [6.07, 6.45) is 5.49. The molecule has 3 aliphatic heterocycles. The molecule has 2 saturated heterocycles. The number of nitrogens with zero attached hydrogens (tertiary/aromatic N) is 4. The van der Waals surface area contributed by atoms with E-state index < -0.39 is 0 Å². The summed E-state index contributed by atoms with van der Waals surface area (Å²) >= 11 is 8.65. The molecule has 0 aliphatic carbocycles. The molecule has 2 aromatic rings. The number of rotatable bonds is 4. The van der Waals surface area contributed by atoms with Crippen LogP contribution in [-0.2, 0) is 0 Å². The molecule has 146 valence electrons. The van der Waals surface area contributed by atoms with E-state index in [9.17, 15) is 0 Å². The maximum atomic E-state index is 6.78. The fourth-order valence-electron chi connectivity index (χ4n) is 4.63. The minimum absolute atomic E-state index is 0.0201. The van der Waals surface area contributed by atoms with Gasteiger partial charge in [0.1, 0.15) is 6.04 Å². The Morgan fingerprint density at radius 1 is 1.18 bits per heavy atom. The first kappa shape index (κ1) is 18.3. The lowest BCUT2D eigenvalue weighted by Gasteiger charge is -2.32. The highest BCUT2D eigenvalue weighted by atomic mass is 35.5. The second-order valence-electron chi connectivity index (χ2n) is 7.74. The lowest BCUT2D eigenvalue weighted by molar-refractivity contribution is 0.255. The SMILES string of the molecule is CC[C@@H]1CSC2=N[C@@H](c3ccccn3)[C@H](c3ccc(N4CCCC4)c(Cl)c3)N21. The van der Waals surface area contributed by atoms with Crippen molar-refractivity contribution >= 4 is 34.2 Å². The number of halogens is 1. The summed E-state index contributed by atoms with van der Waals surface area (Å²) in [6, 6.07) is 13.4. The lowest BCUT2D eigenvalue weighted by atomic mass is 9.95. The van der Waals surface area contributed by atoms with Crippen molar-refractivity contribution in [3.05, 3.63) is 58.9 Å². The van der Waals surface area contributed by atoms with Gasteiger partial charge in [0.15, 0.2) is 5.17 Å². The minimum atomic E-state index is 0.0201. The largest absolute Gasteiger partial charge is 0.370 e. The molecule has 4 heterocycles. The summed E-state index contributed by atoms with van der Waals surface area (Å²) in [4.78, 5) is 14.7. The molecule has 0 spiro atoms. The van der Waals surface area contributed by atoms with E-state index in [4.69, 9.17) is 16.6 Å². The summed E-state index contributed by atoms with van der Waals surface area (Å²) in [7, 11) is 0. The van der Waals surface area contributed by atoms with Gasteiger partial charge in [0.05, 0.1) is 22.4 Å². The first-order valence-electron chi connectivity index (χ1n) is 10.2. The number of aliphatic imine (C=N–C) groups is 1. The lowest BCUT2D eigenvalue weighted by Crippen LogP contribution is -2.35. The predicted molar refractivity (Wildman–Crippen MR) is 118 cm³/mol. The minimum Gasteiger partial charge on any atom is -0.370 e. The molecule has 6 heteroatoms. The molecular formula is C22H25ClN4S. The van der Waals surface area contributed by atoms with E-state index in [0.717, 1.165) is 41.1 Å². The molecule has 0 bridgehead atoms. The number of pyridine rings is 1. The van der Waals surface area contributed by atoms with Crippen molar-refractivity contribution in [1.29, 1.82) is 0 Å². The van der Waals surface area contributed by atoms with Gasteiger partial charge < -0.3 is 9.80 Å². The average Bonchev–Trinajstić information content (AvgIpc) is 3.45. The van der Waals surface area contributed by atoms with Crippen LogP contribution in [0.5, 0.6) is 0 Å². The zero-order chi connectivity index (χ0) is 19.1. The first-order chi connectivity index (χ1) is 13.8. The van der Waals surface area contributed by atoms with Crippen molar-refractivity contribution < 1.29 is 0 Å². The average molecular weight is 413 g/mol. The third-order valence-electron chi connectivity index (χ3n) is 6.09. The van der Waals surface area contributed by atoms with Crippen LogP contribution in [0.1, 0.15) is 49.5 Å². The van der Waals surface area contributed by atoms with Gasteiger partial charge in [0.2, 0.25) is 0 Å². The van der Waals surface area contributed by atoms with E-state index in [0.29, 0.717) is 6.04 Å². The standard InChI is InChI=1S/C22H25ClN4S/c1-2-16-14-28-22-25-20(18-7-3-4-10-24-18)21(27(16)22)15-8-9-19(17(23)13-15)26-11-5-6-12-26/h3-4,7-10,13,16,20-21H,2,5-6,11-12,14H2,1H3/t16-,20+,21+/m1/s1. The molecule has 5 rings (SSSR count). The van der Waals surface area contributed by atoms with Gasteiger partial charge in [-0.25, -0.2) is 0 Å². The zero-order valence-electron chi connectivity index (χ0n) is 16.1.